The molecule has 0 aliphatic carbocycles. The number of carbonyl (C=O) groups is 1. The number of nitrogens with one attached hydrogen (secondary N) is 1. The zero-order chi connectivity index (χ0) is 20.9. The van der Waals surface area contributed by atoms with E-state index in [2.05, 4.69) is 35.3 Å². The third kappa shape index (κ3) is 2.81. The molecule has 1 aliphatic heterocycles. The van der Waals surface area contributed by atoms with Crippen LogP contribution >= 0.6 is 0 Å². The Morgan fingerprint density at radius 3 is 2.55 bits per heavy atom. The second kappa shape index (κ2) is 6.61. The normalized spacial score (nSPS) is 14.3. The lowest BCUT2D eigenvalue weighted by Gasteiger charge is -2.05. The first-order valence-corrected chi connectivity index (χ1v) is 10.0. The van der Waals surface area contributed by atoms with Crippen molar-refractivity contribution in [1.29, 1.82) is 0 Å². The fourth-order valence-corrected chi connectivity index (χ4v) is 4.19. The van der Waals surface area contributed by atoms with Gasteiger partial charge in [-0.1, -0.05) is 54.6 Å². The number of allylic oxidation sites excluding steroid dienone is 1. The molecule has 0 unspecified atom stereocenters. The molecule has 0 radical (unpaired) electrons. The first-order chi connectivity index (χ1) is 15.2. The monoisotopic (exact) mass is 403 g/mol. The van der Waals surface area contributed by atoms with E-state index in [0.29, 0.717) is 11.3 Å². The van der Waals surface area contributed by atoms with E-state index in [1.807, 2.05) is 36.4 Å². The summed E-state index contributed by atoms with van der Waals surface area (Å²) < 4.78 is 5.82. The highest BCUT2D eigenvalue weighted by Crippen LogP contribution is 2.38. The molecule has 4 aromatic carbocycles. The summed E-state index contributed by atoms with van der Waals surface area (Å²) in [6, 6.07) is 27.1. The highest BCUT2D eigenvalue weighted by Gasteiger charge is 2.28. The first kappa shape index (κ1) is 17.5. The molecule has 31 heavy (non-hydrogen) atoms. The van der Waals surface area contributed by atoms with Gasteiger partial charge in [-0.15, -0.1) is 0 Å². The molecule has 0 bridgehead atoms. The number of fused-ring (bicyclic) bond motifs is 3. The molecule has 0 fully saturated rings. The number of aromatic hydroxyl groups is 1. The molecule has 4 heteroatoms. The van der Waals surface area contributed by atoms with Crippen LogP contribution in [0.15, 0.2) is 90.7 Å². The number of benzene rings is 4. The van der Waals surface area contributed by atoms with Gasteiger partial charge in [0.2, 0.25) is 5.78 Å². The van der Waals surface area contributed by atoms with E-state index in [0.717, 1.165) is 33.1 Å². The van der Waals surface area contributed by atoms with Crippen molar-refractivity contribution in [2.75, 3.05) is 0 Å². The number of Topliss-reactive ketones (excluding diaryl/α,β-unsaturated/α-hetero) is 1. The molecule has 2 N–H and O–H groups in total. The topological polar surface area (TPSA) is 62.3 Å². The lowest BCUT2D eigenvalue weighted by molar-refractivity contribution is 0.101. The lowest BCUT2D eigenvalue weighted by Crippen LogP contribution is -1.98. The molecule has 5 aromatic rings. The fraction of sp³-hybridized carbons (Fsp3) is 0. The SMILES string of the molecule is O=C1C(=Cc2c(-c3ccc4ccccc4c3)[nH]c3ccccc23)Oc2cc(O)ccc21. The summed E-state index contributed by atoms with van der Waals surface area (Å²) in [5.41, 5.74) is 4.29. The molecule has 0 spiro atoms. The van der Waals surface area contributed by atoms with E-state index < -0.39 is 0 Å². The van der Waals surface area contributed by atoms with Crippen LogP contribution in [0.2, 0.25) is 0 Å². The zero-order valence-electron chi connectivity index (χ0n) is 16.4. The van der Waals surface area contributed by atoms with E-state index in [9.17, 15) is 9.90 Å². The van der Waals surface area contributed by atoms with Crippen LogP contribution in [0.3, 0.4) is 0 Å². The minimum Gasteiger partial charge on any atom is -0.508 e. The van der Waals surface area contributed by atoms with Crippen LogP contribution in [-0.2, 0) is 0 Å². The number of rotatable bonds is 2. The minimum atomic E-state index is -0.190. The quantitative estimate of drug-likeness (QED) is 0.340. The van der Waals surface area contributed by atoms with Crippen molar-refractivity contribution in [3.63, 3.8) is 0 Å². The number of phenolic OH excluding ortho intramolecular Hbond substituents is 1. The van der Waals surface area contributed by atoms with Gasteiger partial charge < -0.3 is 14.8 Å². The molecule has 4 nitrogen and oxygen atoms in total. The Labute approximate surface area is 178 Å². The molecule has 6 rings (SSSR count). The molecule has 0 saturated heterocycles. The summed E-state index contributed by atoms with van der Waals surface area (Å²) in [6.45, 7) is 0. The Balaban J connectivity index is 1.55. The molecule has 1 aliphatic rings. The maximum Gasteiger partial charge on any atom is 0.231 e. The number of aromatic amines is 1. The van der Waals surface area contributed by atoms with Crippen LogP contribution in [0.1, 0.15) is 15.9 Å². The van der Waals surface area contributed by atoms with Gasteiger partial charge in [0.05, 0.1) is 11.3 Å². The molecule has 148 valence electrons. The first-order valence-electron chi connectivity index (χ1n) is 10.0. The Kier molecular flexibility index (Phi) is 3.74. The van der Waals surface area contributed by atoms with Gasteiger partial charge in [0.25, 0.3) is 0 Å². The molecule has 2 heterocycles. The maximum absolute atomic E-state index is 12.9. The Morgan fingerprint density at radius 2 is 1.65 bits per heavy atom. The Bertz CT molecular complexity index is 1540. The smallest absolute Gasteiger partial charge is 0.231 e. The number of phenols is 1. The van der Waals surface area contributed by atoms with Crippen LogP contribution in [-0.4, -0.2) is 15.9 Å². The van der Waals surface area contributed by atoms with Crippen LogP contribution in [0.4, 0.5) is 0 Å². The number of ketones is 1. The van der Waals surface area contributed by atoms with E-state index in [-0.39, 0.29) is 17.3 Å². The van der Waals surface area contributed by atoms with Crippen LogP contribution < -0.4 is 4.74 Å². The van der Waals surface area contributed by atoms with Crippen molar-refractivity contribution in [1.82, 2.24) is 4.98 Å². The predicted octanol–water partition coefficient (Wildman–Crippen LogP) is 6.31. The number of para-hydroxylation sites is 1. The minimum absolute atomic E-state index is 0.0664. The van der Waals surface area contributed by atoms with Crippen molar-refractivity contribution in [3.05, 3.63) is 102 Å². The summed E-state index contributed by atoms with van der Waals surface area (Å²) in [5.74, 6) is 0.497. The molecule has 0 atom stereocenters. The van der Waals surface area contributed by atoms with Crippen LogP contribution in [0, 0.1) is 0 Å². The number of carbonyl (C=O) groups excluding carboxylic acids is 1. The molecular formula is C27H17NO3. The van der Waals surface area contributed by atoms with Gasteiger partial charge >= 0.3 is 0 Å². The van der Waals surface area contributed by atoms with Gasteiger partial charge in [0.15, 0.2) is 5.76 Å². The third-order valence-corrected chi connectivity index (χ3v) is 5.71. The highest BCUT2D eigenvalue weighted by atomic mass is 16.5. The fourth-order valence-electron chi connectivity index (χ4n) is 4.19. The van der Waals surface area contributed by atoms with Crippen molar-refractivity contribution >= 4 is 33.5 Å². The van der Waals surface area contributed by atoms with Crippen LogP contribution in [0.5, 0.6) is 11.5 Å². The summed E-state index contributed by atoms with van der Waals surface area (Å²) in [5, 5.41) is 13.1. The highest BCUT2D eigenvalue weighted by molar-refractivity contribution is 6.16. The van der Waals surface area contributed by atoms with Gasteiger partial charge in [-0.2, -0.15) is 0 Å². The number of H-pyrrole nitrogens is 1. The Hall–Kier alpha value is -4.31. The Morgan fingerprint density at radius 1 is 0.839 bits per heavy atom. The summed E-state index contributed by atoms with van der Waals surface area (Å²) in [7, 11) is 0. The van der Waals surface area contributed by atoms with Gasteiger partial charge in [-0.05, 0) is 46.7 Å². The van der Waals surface area contributed by atoms with E-state index in [1.165, 1.54) is 17.5 Å². The average molecular weight is 403 g/mol. The predicted molar refractivity (Wildman–Crippen MR) is 122 cm³/mol. The standard InChI is InChI=1S/C27H17NO3/c29-19-11-12-21-24(14-19)31-25(27(21)30)15-22-20-7-3-4-8-23(20)28-26(22)18-10-9-16-5-1-2-6-17(16)13-18/h1-15,28-29H. The largest absolute Gasteiger partial charge is 0.508 e. The summed E-state index contributed by atoms with van der Waals surface area (Å²) in [6.07, 6.45) is 1.79. The number of aromatic nitrogens is 1. The van der Waals surface area contributed by atoms with Gasteiger partial charge in [0, 0.05) is 22.5 Å². The molecule has 0 amide bonds. The summed E-state index contributed by atoms with van der Waals surface area (Å²) >= 11 is 0. The zero-order valence-corrected chi connectivity index (χ0v) is 16.4. The molecule has 0 saturated carbocycles. The number of hydrogen-bond donors (Lipinski definition) is 2. The van der Waals surface area contributed by atoms with Gasteiger partial charge in [0.1, 0.15) is 11.5 Å². The van der Waals surface area contributed by atoms with E-state index in [1.54, 1.807) is 12.1 Å². The number of ether oxygens (including phenoxy) is 1. The van der Waals surface area contributed by atoms with Gasteiger partial charge in [-0.3, -0.25) is 4.79 Å². The average Bonchev–Trinajstić information content (AvgIpc) is 3.31. The van der Waals surface area contributed by atoms with Crippen molar-refractivity contribution < 1.29 is 14.6 Å². The van der Waals surface area contributed by atoms with Crippen LogP contribution in [0.25, 0.3) is 39.0 Å². The summed E-state index contributed by atoms with van der Waals surface area (Å²) in [4.78, 5) is 16.4. The van der Waals surface area contributed by atoms with E-state index in [4.69, 9.17) is 4.74 Å². The maximum atomic E-state index is 12.9. The van der Waals surface area contributed by atoms with Crippen molar-refractivity contribution in [2.24, 2.45) is 0 Å². The third-order valence-electron chi connectivity index (χ3n) is 5.71. The number of hydrogen-bond acceptors (Lipinski definition) is 3. The lowest BCUT2D eigenvalue weighted by atomic mass is 10.0. The second-order valence-corrected chi connectivity index (χ2v) is 7.64. The molecule has 1 aromatic heterocycles. The van der Waals surface area contributed by atoms with Crippen molar-refractivity contribution in [2.45, 2.75) is 0 Å². The second-order valence-electron chi connectivity index (χ2n) is 7.64. The van der Waals surface area contributed by atoms with Gasteiger partial charge in [-0.25, -0.2) is 0 Å². The van der Waals surface area contributed by atoms with Crippen molar-refractivity contribution in [3.8, 4) is 22.8 Å². The molecular weight excluding hydrogens is 386 g/mol. The van der Waals surface area contributed by atoms with E-state index >= 15 is 0 Å².